The molecular formula is C27H59NO8Si2. The molecule has 11 heteroatoms. The van der Waals surface area contributed by atoms with Gasteiger partial charge in [-0.1, -0.05) is 0 Å². The van der Waals surface area contributed by atoms with E-state index in [1.807, 2.05) is 41.5 Å². The van der Waals surface area contributed by atoms with E-state index in [1.165, 1.54) is 0 Å². The van der Waals surface area contributed by atoms with Crippen LogP contribution in [0.4, 0.5) is 0 Å². The molecule has 0 amide bonds. The number of esters is 1. The summed E-state index contributed by atoms with van der Waals surface area (Å²) in [6, 6.07) is 1.83. The topological polar surface area (TPSA) is 84.9 Å². The summed E-state index contributed by atoms with van der Waals surface area (Å²) in [4.78, 5) is 15.4. The minimum atomic E-state index is -2.20. The lowest BCUT2D eigenvalue weighted by Crippen LogP contribution is -2.42. The van der Waals surface area contributed by atoms with E-state index in [-0.39, 0.29) is 18.5 Å². The van der Waals surface area contributed by atoms with Gasteiger partial charge in [-0.25, -0.2) is 0 Å². The Morgan fingerprint density at radius 2 is 1.11 bits per heavy atom. The Bertz CT molecular complexity index is 533. The molecule has 0 fully saturated rings. The Balaban J connectivity index is 5.40. The predicted molar refractivity (Wildman–Crippen MR) is 157 cm³/mol. The highest BCUT2D eigenvalue weighted by Gasteiger charge is 2.32. The zero-order valence-electron chi connectivity index (χ0n) is 25.8. The first-order valence-corrected chi connectivity index (χ1v) is 19.9. The fraction of sp³-hybridized carbons (Fsp3) is 0.963. The lowest BCUT2D eigenvalue weighted by Gasteiger charge is -2.31. The van der Waals surface area contributed by atoms with Crippen LogP contribution in [0.3, 0.4) is 0 Å². The van der Waals surface area contributed by atoms with Gasteiger partial charge in [0.15, 0.2) is 0 Å². The standard InChI is InChI=1S/C27H59NO8Si2/c1-9-30-20-17-26(27(29)32-22-21-31-10-2)25-28(18-15-23-37(7,33-11-3)34-12-4)19-16-24-38(8,35-13-5)36-14-6/h26H,9-25H2,1-8H3. The normalized spacial score (nSPS) is 13.3. The Morgan fingerprint density at radius 3 is 1.53 bits per heavy atom. The SMILES string of the molecule is CCOCCOC(=O)C(CCOCC)CN(CCC[Si](C)(OCC)OCC)CCC[Si](C)(OCC)OCC. The lowest BCUT2D eigenvalue weighted by molar-refractivity contribution is -0.151. The van der Waals surface area contributed by atoms with Crippen LogP contribution in [0.1, 0.15) is 60.8 Å². The van der Waals surface area contributed by atoms with Crippen molar-refractivity contribution in [1.82, 2.24) is 4.90 Å². The van der Waals surface area contributed by atoms with Crippen molar-refractivity contribution in [2.45, 2.75) is 86.0 Å². The van der Waals surface area contributed by atoms with Gasteiger partial charge >= 0.3 is 23.1 Å². The van der Waals surface area contributed by atoms with Crippen molar-refractivity contribution in [2.75, 3.05) is 79.1 Å². The highest BCUT2D eigenvalue weighted by Crippen LogP contribution is 2.20. The smallest absolute Gasteiger partial charge is 0.334 e. The molecule has 0 aromatic rings. The molecule has 38 heavy (non-hydrogen) atoms. The third-order valence-electron chi connectivity index (χ3n) is 6.31. The molecule has 0 bridgehead atoms. The second-order valence-corrected chi connectivity index (χ2v) is 16.2. The number of carbonyl (C=O) groups is 1. The minimum Gasteiger partial charge on any atom is -0.463 e. The van der Waals surface area contributed by atoms with Crippen molar-refractivity contribution in [1.29, 1.82) is 0 Å². The first kappa shape index (κ1) is 37.6. The third kappa shape index (κ3) is 18.1. The van der Waals surface area contributed by atoms with E-state index in [1.54, 1.807) is 0 Å². The molecule has 0 saturated carbocycles. The molecule has 0 aromatic heterocycles. The molecule has 1 atom stereocenters. The van der Waals surface area contributed by atoms with Gasteiger partial charge in [0.05, 0.1) is 12.5 Å². The summed E-state index contributed by atoms with van der Waals surface area (Å²) in [5.74, 6) is -0.437. The number of hydrogen-bond donors (Lipinski definition) is 0. The molecule has 0 saturated heterocycles. The molecule has 0 spiro atoms. The van der Waals surface area contributed by atoms with Crippen LogP contribution in [-0.2, 0) is 36.7 Å². The maximum Gasteiger partial charge on any atom is 0.334 e. The summed E-state index contributed by atoms with van der Waals surface area (Å²) in [7, 11) is -4.39. The van der Waals surface area contributed by atoms with Crippen LogP contribution in [0.15, 0.2) is 0 Å². The molecular weight excluding hydrogens is 522 g/mol. The number of nitrogens with zero attached hydrogens (tertiary/aromatic N) is 1. The average molecular weight is 582 g/mol. The summed E-state index contributed by atoms with van der Waals surface area (Å²) < 4.78 is 40.7. The molecule has 0 aliphatic rings. The van der Waals surface area contributed by atoms with Crippen LogP contribution in [0, 0.1) is 5.92 Å². The molecule has 0 heterocycles. The fourth-order valence-electron chi connectivity index (χ4n) is 4.56. The molecule has 0 radical (unpaired) electrons. The van der Waals surface area contributed by atoms with E-state index < -0.39 is 17.1 Å². The Kier molecular flexibility index (Phi) is 23.1. The highest BCUT2D eigenvalue weighted by atomic mass is 28.4. The molecule has 9 nitrogen and oxygen atoms in total. The van der Waals surface area contributed by atoms with E-state index in [9.17, 15) is 4.79 Å². The second-order valence-electron chi connectivity index (χ2n) is 9.55. The van der Waals surface area contributed by atoms with Crippen LogP contribution in [0.2, 0.25) is 25.2 Å². The minimum absolute atomic E-state index is 0.180. The third-order valence-corrected chi connectivity index (χ3v) is 12.4. The second kappa shape index (κ2) is 23.3. The van der Waals surface area contributed by atoms with Crippen molar-refractivity contribution < 1.29 is 36.7 Å². The zero-order chi connectivity index (χ0) is 28.7. The van der Waals surface area contributed by atoms with Crippen LogP contribution in [0.25, 0.3) is 0 Å². The number of hydrogen-bond acceptors (Lipinski definition) is 9. The first-order valence-electron chi connectivity index (χ1n) is 14.8. The molecule has 0 aliphatic heterocycles. The van der Waals surface area contributed by atoms with Gasteiger partial charge in [-0.3, -0.25) is 4.79 Å². The van der Waals surface area contributed by atoms with Crippen LogP contribution < -0.4 is 0 Å². The predicted octanol–water partition coefficient (Wildman–Crippen LogP) is 4.98. The molecule has 0 rings (SSSR count). The van der Waals surface area contributed by atoms with Crippen molar-refractivity contribution in [2.24, 2.45) is 5.92 Å². The molecule has 0 aliphatic carbocycles. The van der Waals surface area contributed by atoms with E-state index in [0.29, 0.717) is 65.8 Å². The van der Waals surface area contributed by atoms with Crippen LogP contribution in [0.5, 0.6) is 0 Å². The Labute approximate surface area is 235 Å². The summed E-state index contributed by atoms with van der Waals surface area (Å²) in [6.45, 7) is 23.8. The molecule has 1 unspecified atom stereocenters. The van der Waals surface area contributed by atoms with E-state index in [4.69, 9.17) is 31.9 Å². The Hall–Kier alpha value is -0.376. The van der Waals surface area contributed by atoms with E-state index in [0.717, 1.165) is 38.0 Å². The van der Waals surface area contributed by atoms with Crippen LogP contribution in [-0.4, -0.2) is 107 Å². The molecule has 228 valence electrons. The number of carbonyl (C=O) groups excluding carboxylic acids is 1. The van der Waals surface area contributed by atoms with Gasteiger partial charge in [0.25, 0.3) is 0 Å². The number of ether oxygens (including phenoxy) is 3. The highest BCUT2D eigenvalue weighted by molar-refractivity contribution is 6.66. The lowest BCUT2D eigenvalue weighted by atomic mass is 10.1. The summed E-state index contributed by atoms with van der Waals surface area (Å²) in [5.41, 5.74) is 0. The van der Waals surface area contributed by atoms with E-state index in [2.05, 4.69) is 18.0 Å². The number of rotatable bonds is 27. The van der Waals surface area contributed by atoms with Gasteiger partial charge in [-0.2, -0.15) is 0 Å². The van der Waals surface area contributed by atoms with Gasteiger partial charge in [0, 0.05) is 52.8 Å². The van der Waals surface area contributed by atoms with Gasteiger partial charge in [0.2, 0.25) is 0 Å². The molecule has 0 N–H and O–H groups in total. The van der Waals surface area contributed by atoms with Crippen LogP contribution >= 0.6 is 0 Å². The Morgan fingerprint density at radius 1 is 0.658 bits per heavy atom. The summed E-state index contributed by atoms with van der Waals surface area (Å²) in [6.07, 6.45) is 2.53. The zero-order valence-corrected chi connectivity index (χ0v) is 27.8. The van der Waals surface area contributed by atoms with Gasteiger partial charge in [-0.05, 0) is 99.1 Å². The quantitative estimate of drug-likeness (QED) is 0.0757. The monoisotopic (exact) mass is 581 g/mol. The fourth-order valence-corrected chi connectivity index (χ4v) is 9.35. The van der Waals surface area contributed by atoms with Gasteiger partial charge < -0.3 is 36.8 Å². The largest absolute Gasteiger partial charge is 0.463 e. The van der Waals surface area contributed by atoms with Crippen molar-refractivity contribution in [3.05, 3.63) is 0 Å². The van der Waals surface area contributed by atoms with Crippen molar-refractivity contribution >= 4 is 23.1 Å². The van der Waals surface area contributed by atoms with Crippen molar-refractivity contribution in [3.8, 4) is 0 Å². The summed E-state index contributed by atoms with van der Waals surface area (Å²) in [5, 5.41) is 0. The van der Waals surface area contributed by atoms with E-state index >= 15 is 0 Å². The maximum atomic E-state index is 13.0. The average Bonchev–Trinajstić information content (AvgIpc) is 2.86. The maximum absolute atomic E-state index is 13.0. The van der Waals surface area contributed by atoms with Gasteiger partial charge in [0.1, 0.15) is 6.61 Å². The summed E-state index contributed by atoms with van der Waals surface area (Å²) >= 11 is 0. The molecule has 0 aromatic carbocycles. The first-order chi connectivity index (χ1) is 18.2. The van der Waals surface area contributed by atoms with Gasteiger partial charge in [-0.15, -0.1) is 0 Å². The van der Waals surface area contributed by atoms with Crippen molar-refractivity contribution in [3.63, 3.8) is 0 Å².